The molecule has 2 N–H and O–H groups in total. The quantitative estimate of drug-likeness (QED) is 0.431. The summed E-state index contributed by atoms with van der Waals surface area (Å²) in [4.78, 5) is 8.16. The predicted octanol–water partition coefficient (Wildman–Crippen LogP) is 5.20. The van der Waals surface area contributed by atoms with Crippen LogP contribution in [0, 0.1) is 5.41 Å². The minimum absolute atomic E-state index is 0.00272. The Morgan fingerprint density at radius 2 is 1.60 bits per heavy atom. The van der Waals surface area contributed by atoms with Crippen LogP contribution >= 0.6 is 10.2 Å². The fourth-order valence-electron chi connectivity index (χ4n) is 4.54. The monoisotopic (exact) mass is 520 g/mol. The summed E-state index contributed by atoms with van der Waals surface area (Å²) in [5.74, 6) is 0.0262. The largest absolute Gasteiger partial charge is 0.381 e. The minimum atomic E-state index is -9.88. The van der Waals surface area contributed by atoms with Gasteiger partial charge >= 0.3 is 10.2 Å². The first-order valence-corrected chi connectivity index (χ1v) is 12.5. The third kappa shape index (κ3) is 4.53. The van der Waals surface area contributed by atoms with Crippen LogP contribution in [0.5, 0.6) is 0 Å². The highest BCUT2D eigenvalue weighted by atomic mass is 32.5. The lowest BCUT2D eigenvalue weighted by Crippen LogP contribution is -2.63. The van der Waals surface area contributed by atoms with Crippen LogP contribution in [0.4, 0.5) is 19.4 Å². The van der Waals surface area contributed by atoms with Gasteiger partial charge in [0.1, 0.15) is 16.1 Å². The van der Waals surface area contributed by atoms with E-state index in [1.54, 1.807) is 6.92 Å². The molecule has 35 heavy (non-hydrogen) atoms. The molecule has 0 amide bonds. The number of nitrogens with zero attached hydrogens (tertiary/aromatic N) is 4. The third-order valence-corrected chi connectivity index (χ3v) is 7.36. The van der Waals surface area contributed by atoms with Crippen LogP contribution in [-0.2, 0) is 11.2 Å². The van der Waals surface area contributed by atoms with Crippen molar-refractivity contribution in [1.29, 1.82) is 0 Å². The summed E-state index contributed by atoms with van der Waals surface area (Å²) in [6.07, 6.45) is 2.75. The first-order chi connectivity index (χ1) is 15.7. The van der Waals surface area contributed by atoms with E-state index in [0.717, 1.165) is 12.1 Å². The van der Waals surface area contributed by atoms with Gasteiger partial charge in [-0.2, -0.15) is 4.98 Å². The van der Waals surface area contributed by atoms with E-state index in [4.69, 9.17) is 4.52 Å². The van der Waals surface area contributed by atoms with Crippen LogP contribution in [0.1, 0.15) is 37.8 Å². The van der Waals surface area contributed by atoms with Crippen molar-refractivity contribution in [3.63, 3.8) is 0 Å². The molecule has 2 aromatic heterocycles. The molecular weight excluding hydrogens is 495 g/mol. The van der Waals surface area contributed by atoms with Gasteiger partial charge in [-0.25, -0.2) is 0 Å². The predicted molar refractivity (Wildman–Crippen MR) is 119 cm³/mol. The molecule has 1 aliphatic heterocycles. The van der Waals surface area contributed by atoms with E-state index in [2.05, 4.69) is 15.1 Å². The number of pyridine rings is 1. The van der Waals surface area contributed by atoms with Gasteiger partial charge in [0.05, 0.1) is 0 Å². The first kappa shape index (κ1) is 25.5. The van der Waals surface area contributed by atoms with Crippen molar-refractivity contribution in [2.75, 3.05) is 20.1 Å². The molecule has 0 bridgehead atoms. The molecule has 3 heterocycles. The van der Waals surface area contributed by atoms with E-state index < -0.39 is 31.7 Å². The Morgan fingerprint density at radius 1 is 1.00 bits per heavy atom. The summed E-state index contributed by atoms with van der Waals surface area (Å²) in [5.41, 5.74) is -3.63. The van der Waals surface area contributed by atoms with Crippen LogP contribution in [0.15, 0.2) is 52.1 Å². The van der Waals surface area contributed by atoms with Crippen LogP contribution in [0.2, 0.25) is 0 Å². The molecule has 0 radical (unpaired) electrons. The number of benzene rings is 1. The number of hydrogen-bond donors (Lipinski definition) is 2. The Hall–Kier alpha value is -2.61. The van der Waals surface area contributed by atoms with Crippen molar-refractivity contribution in [3.8, 4) is 11.4 Å². The number of halogens is 5. The second kappa shape index (κ2) is 6.99. The van der Waals surface area contributed by atoms with Crippen molar-refractivity contribution in [2.45, 2.75) is 36.9 Å². The van der Waals surface area contributed by atoms with E-state index in [0.29, 0.717) is 30.8 Å². The summed E-state index contributed by atoms with van der Waals surface area (Å²) in [6.45, 7) is 5.42. The maximum absolute atomic E-state index is 13.3. The van der Waals surface area contributed by atoms with Crippen LogP contribution < -0.4 is 0 Å². The Morgan fingerprint density at radius 3 is 2.09 bits per heavy atom. The maximum atomic E-state index is 13.3. The second-order valence-electron chi connectivity index (χ2n) is 9.88. The smallest absolute Gasteiger partial charge is 0.310 e. The lowest BCUT2D eigenvalue weighted by Gasteiger charge is -2.56. The van der Waals surface area contributed by atoms with Gasteiger partial charge in [0.25, 0.3) is 5.89 Å². The van der Waals surface area contributed by atoms with Crippen LogP contribution in [-0.4, -0.2) is 50.4 Å². The minimum Gasteiger partial charge on any atom is -0.381 e. The van der Waals surface area contributed by atoms with Crippen molar-refractivity contribution in [2.24, 2.45) is 5.41 Å². The van der Waals surface area contributed by atoms with E-state index in [1.807, 2.05) is 11.9 Å². The molecule has 0 aliphatic carbocycles. The fraction of sp³-hybridized carbons (Fsp3) is 0.409. The number of hydrogen-bond acceptors (Lipinski definition) is 7. The van der Waals surface area contributed by atoms with Crippen molar-refractivity contribution >= 4 is 10.2 Å². The molecule has 1 saturated heterocycles. The van der Waals surface area contributed by atoms with Crippen LogP contribution in [0.3, 0.4) is 0 Å². The molecule has 1 atom stereocenters. The fourth-order valence-corrected chi connectivity index (χ4v) is 5.19. The zero-order valence-electron chi connectivity index (χ0n) is 19.3. The average molecular weight is 521 g/mol. The van der Waals surface area contributed by atoms with Gasteiger partial charge in [0.2, 0.25) is 5.82 Å². The van der Waals surface area contributed by atoms with E-state index in [9.17, 15) is 29.6 Å². The summed E-state index contributed by atoms with van der Waals surface area (Å²) in [7, 11) is -8.07. The number of aromatic nitrogens is 3. The summed E-state index contributed by atoms with van der Waals surface area (Å²) < 4.78 is 71.4. The Bertz CT molecular complexity index is 1270. The van der Waals surface area contributed by atoms with Gasteiger partial charge < -0.3 is 19.6 Å². The number of likely N-dealkylation sites (tertiary alicyclic amines) is 1. The highest BCUT2D eigenvalue weighted by molar-refractivity contribution is 8.45. The zero-order valence-corrected chi connectivity index (χ0v) is 20.2. The number of aliphatic hydroxyl groups is 2. The number of rotatable bonds is 6. The Kier molecular flexibility index (Phi) is 5.09. The highest BCUT2D eigenvalue weighted by Gasteiger charge is 2.65. The molecule has 7 nitrogen and oxygen atoms in total. The van der Waals surface area contributed by atoms with Gasteiger partial charge in [-0.1, -0.05) is 43.6 Å². The SMILES string of the molecule is CN1CC(C)([C@](O)(c2ccc(S(F)(F)(F)(F)F)cc2)c2cncc(-c3noc(C(C)(C)O)n3)c2)C1. The van der Waals surface area contributed by atoms with Crippen molar-refractivity contribution in [3.05, 3.63) is 59.7 Å². The third-order valence-electron chi connectivity index (χ3n) is 6.19. The van der Waals surface area contributed by atoms with E-state index in [1.165, 1.54) is 32.3 Å². The lowest BCUT2D eigenvalue weighted by molar-refractivity contribution is -0.127. The summed E-state index contributed by atoms with van der Waals surface area (Å²) in [5, 5.41) is 26.0. The van der Waals surface area contributed by atoms with Crippen LogP contribution in [0.25, 0.3) is 11.4 Å². The van der Waals surface area contributed by atoms with Gasteiger partial charge in [-0.05, 0) is 44.7 Å². The van der Waals surface area contributed by atoms with Crippen molar-refractivity contribution in [1.82, 2.24) is 20.0 Å². The van der Waals surface area contributed by atoms with Gasteiger partial charge in [-0.3, -0.25) is 4.98 Å². The molecule has 1 fully saturated rings. The summed E-state index contributed by atoms with van der Waals surface area (Å²) in [6, 6.07) is 3.82. The van der Waals surface area contributed by atoms with Gasteiger partial charge in [0, 0.05) is 42.0 Å². The molecule has 0 spiro atoms. The van der Waals surface area contributed by atoms with Gasteiger partial charge in [0.15, 0.2) is 0 Å². The molecule has 3 aromatic rings. The lowest BCUT2D eigenvalue weighted by atomic mass is 9.62. The highest BCUT2D eigenvalue weighted by Crippen LogP contribution is 3.02. The standard InChI is InChI=1S/C22H25F5N4O3S/c1-20(2,32)19-29-18(30-34-19)14-9-16(11-28-10-14)22(33,21(3)12-31(4)13-21)15-5-7-17(8-6-15)35(23,24,25,26)27/h5-11,32-33H,12-13H2,1-4H3/t22-/m0/s1. The normalized spacial score (nSPS) is 20.4. The van der Waals surface area contributed by atoms with E-state index >= 15 is 0 Å². The molecule has 13 heteroatoms. The molecule has 0 unspecified atom stereocenters. The Balaban J connectivity index is 1.83. The summed E-state index contributed by atoms with van der Waals surface area (Å²) >= 11 is 0. The molecule has 192 valence electrons. The van der Waals surface area contributed by atoms with E-state index in [-0.39, 0.29) is 22.8 Å². The molecule has 1 aromatic carbocycles. The maximum Gasteiger partial charge on any atom is 0.310 e. The molecule has 0 saturated carbocycles. The zero-order chi connectivity index (χ0) is 26.1. The molecule has 1 aliphatic rings. The van der Waals surface area contributed by atoms with Crippen molar-refractivity contribution < 1.29 is 34.2 Å². The van der Waals surface area contributed by atoms with Gasteiger partial charge in [-0.15, -0.1) is 0 Å². The second-order valence-corrected chi connectivity index (χ2v) is 12.3. The first-order valence-electron chi connectivity index (χ1n) is 10.5. The Labute approximate surface area is 198 Å². The molecule has 4 rings (SSSR count). The average Bonchev–Trinajstić information content (AvgIpc) is 3.21. The molecular formula is C22H25F5N4O3S. The topological polar surface area (TPSA) is 95.5 Å².